The monoisotopic (exact) mass is 374 g/mol. The summed E-state index contributed by atoms with van der Waals surface area (Å²) in [4.78, 5) is 13.5. The van der Waals surface area contributed by atoms with Gasteiger partial charge in [-0.3, -0.25) is 4.79 Å². The van der Waals surface area contributed by atoms with Gasteiger partial charge in [-0.25, -0.2) is 4.57 Å². The van der Waals surface area contributed by atoms with Gasteiger partial charge in [0, 0.05) is 28.8 Å². The van der Waals surface area contributed by atoms with Gasteiger partial charge in [-0.05, 0) is 27.6 Å². The van der Waals surface area contributed by atoms with Crippen molar-refractivity contribution in [2.75, 3.05) is 0 Å². The Morgan fingerprint density at radius 2 is 1.21 bits per heavy atom. The molecule has 1 heterocycles. The molecule has 2 nitrogen and oxygen atoms in total. The molecule has 0 amide bonds. The highest BCUT2D eigenvalue weighted by molar-refractivity contribution is 6.24. The zero-order valence-corrected chi connectivity index (χ0v) is 16.0. The SMILES string of the molecule is O=C(c1cc[n+](Cc2ccccc2)cc1)c1c2ccccc2cc2ccccc12. The van der Waals surface area contributed by atoms with E-state index in [4.69, 9.17) is 0 Å². The highest BCUT2D eigenvalue weighted by atomic mass is 16.1. The molecule has 0 spiro atoms. The largest absolute Gasteiger partial charge is 0.289 e. The Balaban J connectivity index is 1.57. The molecule has 5 aromatic rings. The van der Waals surface area contributed by atoms with E-state index in [0.717, 1.165) is 33.7 Å². The van der Waals surface area contributed by atoms with Crippen LogP contribution in [0.25, 0.3) is 21.5 Å². The average molecular weight is 374 g/mol. The van der Waals surface area contributed by atoms with Gasteiger partial charge in [-0.1, -0.05) is 78.9 Å². The number of aromatic nitrogens is 1. The van der Waals surface area contributed by atoms with Gasteiger partial charge in [0.2, 0.25) is 0 Å². The van der Waals surface area contributed by atoms with Crippen LogP contribution in [0.5, 0.6) is 0 Å². The molecule has 0 N–H and O–H groups in total. The molecule has 0 fully saturated rings. The lowest BCUT2D eigenvalue weighted by atomic mass is 9.92. The van der Waals surface area contributed by atoms with Crippen molar-refractivity contribution < 1.29 is 9.36 Å². The lowest BCUT2D eigenvalue weighted by molar-refractivity contribution is -0.688. The van der Waals surface area contributed by atoms with E-state index in [1.54, 1.807) is 0 Å². The standard InChI is InChI=1S/C27H20NO/c29-27(21-14-16-28(17-15-21)19-20-8-2-1-3-9-20)26-24-12-6-4-10-22(24)18-23-11-5-7-13-25(23)26/h1-18H,19H2/q+1. The molecule has 0 aliphatic carbocycles. The van der Waals surface area contributed by atoms with E-state index in [0.29, 0.717) is 5.56 Å². The van der Waals surface area contributed by atoms with E-state index < -0.39 is 0 Å². The van der Waals surface area contributed by atoms with Crippen LogP contribution in [0.1, 0.15) is 21.5 Å². The summed E-state index contributed by atoms with van der Waals surface area (Å²) in [5, 5.41) is 4.17. The van der Waals surface area contributed by atoms with Gasteiger partial charge in [-0.2, -0.15) is 0 Å². The summed E-state index contributed by atoms with van der Waals surface area (Å²) < 4.78 is 2.09. The lowest BCUT2D eigenvalue weighted by Gasteiger charge is -2.10. The second kappa shape index (κ2) is 7.33. The van der Waals surface area contributed by atoms with E-state index in [-0.39, 0.29) is 5.78 Å². The van der Waals surface area contributed by atoms with E-state index in [1.165, 1.54) is 5.56 Å². The first kappa shape index (κ1) is 17.3. The van der Waals surface area contributed by atoms with Gasteiger partial charge in [0.05, 0.1) is 0 Å². The predicted octanol–water partition coefficient (Wildman–Crippen LogP) is 5.56. The molecule has 138 valence electrons. The Labute approximate surface area is 169 Å². The van der Waals surface area contributed by atoms with E-state index in [9.17, 15) is 4.79 Å². The van der Waals surface area contributed by atoms with E-state index >= 15 is 0 Å². The molecule has 29 heavy (non-hydrogen) atoms. The zero-order valence-electron chi connectivity index (χ0n) is 16.0. The molecule has 4 aromatic carbocycles. The number of nitrogens with zero attached hydrogens (tertiary/aromatic N) is 1. The van der Waals surface area contributed by atoms with Crippen LogP contribution < -0.4 is 4.57 Å². The van der Waals surface area contributed by atoms with Crippen molar-refractivity contribution in [1.82, 2.24) is 0 Å². The topological polar surface area (TPSA) is 20.9 Å². The Hall–Kier alpha value is -3.78. The van der Waals surface area contributed by atoms with Crippen LogP contribution in [-0.2, 0) is 6.54 Å². The number of ketones is 1. The Morgan fingerprint density at radius 3 is 1.83 bits per heavy atom. The Morgan fingerprint density at radius 1 is 0.655 bits per heavy atom. The number of fused-ring (bicyclic) bond motifs is 2. The maximum absolute atomic E-state index is 13.5. The molecule has 0 aliphatic rings. The number of hydrogen-bond acceptors (Lipinski definition) is 1. The van der Waals surface area contributed by atoms with Crippen molar-refractivity contribution in [3.63, 3.8) is 0 Å². The average Bonchev–Trinajstić information content (AvgIpc) is 2.78. The van der Waals surface area contributed by atoms with Crippen LogP contribution in [-0.4, -0.2) is 5.78 Å². The zero-order chi connectivity index (χ0) is 19.6. The summed E-state index contributed by atoms with van der Waals surface area (Å²) in [6, 6.07) is 32.5. The van der Waals surface area contributed by atoms with E-state index in [1.807, 2.05) is 79.1 Å². The molecule has 0 atom stereocenters. The smallest absolute Gasteiger partial charge is 0.194 e. The molecule has 0 saturated carbocycles. The highest BCUT2D eigenvalue weighted by Crippen LogP contribution is 2.30. The fourth-order valence-electron chi connectivity index (χ4n) is 3.91. The minimum Gasteiger partial charge on any atom is -0.289 e. The minimum atomic E-state index is 0.0601. The van der Waals surface area contributed by atoms with Gasteiger partial charge in [-0.15, -0.1) is 0 Å². The second-order valence-corrected chi connectivity index (χ2v) is 7.27. The summed E-state index contributed by atoms with van der Waals surface area (Å²) in [6.07, 6.45) is 3.96. The quantitative estimate of drug-likeness (QED) is 0.229. The third-order valence-electron chi connectivity index (χ3n) is 5.36. The molecular formula is C27H20NO+. The summed E-state index contributed by atoms with van der Waals surface area (Å²) in [6.45, 7) is 0.784. The van der Waals surface area contributed by atoms with Crippen molar-refractivity contribution in [2.45, 2.75) is 6.54 Å². The van der Waals surface area contributed by atoms with Crippen LogP contribution in [0, 0.1) is 0 Å². The van der Waals surface area contributed by atoms with Gasteiger partial charge < -0.3 is 0 Å². The van der Waals surface area contributed by atoms with Gasteiger partial charge in [0.25, 0.3) is 0 Å². The van der Waals surface area contributed by atoms with Crippen molar-refractivity contribution in [2.24, 2.45) is 0 Å². The lowest BCUT2D eigenvalue weighted by Crippen LogP contribution is -2.33. The first-order chi connectivity index (χ1) is 14.3. The first-order valence-electron chi connectivity index (χ1n) is 9.78. The molecule has 0 radical (unpaired) electrons. The molecule has 1 aromatic heterocycles. The number of carbonyl (C=O) groups is 1. The third kappa shape index (κ3) is 3.30. The molecule has 5 rings (SSSR count). The Bertz CT molecular complexity index is 1270. The number of rotatable bonds is 4. The van der Waals surface area contributed by atoms with Crippen molar-refractivity contribution >= 4 is 27.3 Å². The maximum Gasteiger partial charge on any atom is 0.194 e. The second-order valence-electron chi connectivity index (χ2n) is 7.27. The van der Waals surface area contributed by atoms with Crippen LogP contribution in [0.2, 0.25) is 0 Å². The summed E-state index contributed by atoms with van der Waals surface area (Å²) in [5.74, 6) is 0.0601. The van der Waals surface area contributed by atoms with Gasteiger partial charge in [0.1, 0.15) is 0 Å². The van der Waals surface area contributed by atoms with Crippen LogP contribution in [0.4, 0.5) is 0 Å². The van der Waals surface area contributed by atoms with E-state index in [2.05, 4.69) is 34.9 Å². The molecular weight excluding hydrogens is 354 g/mol. The van der Waals surface area contributed by atoms with Gasteiger partial charge in [0.15, 0.2) is 24.7 Å². The Kier molecular flexibility index (Phi) is 4.38. The fourth-order valence-corrected chi connectivity index (χ4v) is 3.91. The maximum atomic E-state index is 13.5. The highest BCUT2D eigenvalue weighted by Gasteiger charge is 2.17. The molecule has 0 saturated heterocycles. The van der Waals surface area contributed by atoms with Crippen molar-refractivity contribution in [3.05, 3.63) is 126 Å². The van der Waals surface area contributed by atoms with Crippen molar-refractivity contribution in [3.8, 4) is 0 Å². The summed E-state index contributed by atoms with van der Waals surface area (Å²) >= 11 is 0. The summed E-state index contributed by atoms with van der Waals surface area (Å²) in [7, 11) is 0. The number of pyridine rings is 1. The summed E-state index contributed by atoms with van der Waals surface area (Å²) in [5.41, 5.74) is 2.71. The number of hydrogen-bond donors (Lipinski definition) is 0. The van der Waals surface area contributed by atoms with Crippen LogP contribution >= 0.6 is 0 Å². The minimum absolute atomic E-state index is 0.0601. The molecule has 0 unspecified atom stereocenters. The van der Waals surface area contributed by atoms with Crippen molar-refractivity contribution in [1.29, 1.82) is 0 Å². The normalized spacial score (nSPS) is 11.0. The van der Waals surface area contributed by atoms with Crippen LogP contribution in [0.3, 0.4) is 0 Å². The predicted molar refractivity (Wildman–Crippen MR) is 117 cm³/mol. The number of benzene rings is 4. The van der Waals surface area contributed by atoms with Gasteiger partial charge >= 0.3 is 0 Å². The molecule has 2 heteroatoms. The fraction of sp³-hybridized carbons (Fsp3) is 0.0370. The first-order valence-corrected chi connectivity index (χ1v) is 9.78. The molecule has 0 bridgehead atoms. The third-order valence-corrected chi connectivity index (χ3v) is 5.36. The van der Waals surface area contributed by atoms with Crippen LogP contribution in [0.15, 0.2) is 109 Å². The molecule has 0 aliphatic heterocycles. The number of carbonyl (C=O) groups excluding carboxylic acids is 1.